The fourth-order valence-corrected chi connectivity index (χ4v) is 5.46. The van der Waals surface area contributed by atoms with Crippen molar-refractivity contribution in [3.63, 3.8) is 0 Å². The van der Waals surface area contributed by atoms with E-state index in [1.807, 2.05) is 31.2 Å². The first-order valence-corrected chi connectivity index (χ1v) is 14.4. The highest BCUT2D eigenvalue weighted by atomic mass is 14.9. The van der Waals surface area contributed by atoms with Gasteiger partial charge in [-0.25, -0.2) is 9.97 Å². The van der Waals surface area contributed by atoms with Crippen molar-refractivity contribution < 1.29 is 0 Å². The average molecular weight is 543 g/mol. The zero-order valence-electron chi connectivity index (χ0n) is 23.9. The van der Waals surface area contributed by atoms with Gasteiger partial charge in [0.25, 0.3) is 0 Å². The molecule has 7 rings (SSSR count). The summed E-state index contributed by atoms with van der Waals surface area (Å²) in [6.45, 7) is 6.38. The van der Waals surface area contributed by atoms with E-state index in [4.69, 9.17) is 19.9 Å². The number of nitrogens with zero attached hydrogens (tertiary/aromatic N) is 4. The highest BCUT2D eigenvalue weighted by molar-refractivity contribution is 6.08. The number of pyridine rings is 2. The van der Waals surface area contributed by atoms with E-state index in [9.17, 15) is 0 Å². The van der Waals surface area contributed by atoms with E-state index in [1.54, 1.807) is 0 Å². The predicted molar refractivity (Wildman–Crippen MR) is 173 cm³/mol. The molecule has 0 unspecified atom stereocenters. The molecule has 0 N–H and O–H groups in total. The van der Waals surface area contributed by atoms with Gasteiger partial charge in [0.2, 0.25) is 0 Å². The number of aromatic nitrogens is 4. The van der Waals surface area contributed by atoms with Crippen LogP contribution in [0.2, 0.25) is 0 Å². The highest BCUT2D eigenvalue weighted by Gasteiger charge is 2.16. The fourth-order valence-electron chi connectivity index (χ4n) is 5.46. The molecule has 0 fully saturated rings. The van der Waals surface area contributed by atoms with Crippen molar-refractivity contribution in [2.24, 2.45) is 0 Å². The Bertz CT molecular complexity index is 2050. The Morgan fingerprint density at radius 3 is 1.83 bits per heavy atom. The van der Waals surface area contributed by atoms with E-state index in [0.29, 0.717) is 11.7 Å². The Kier molecular flexibility index (Phi) is 6.52. The summed E-state index contributed by atoms with van der Waals surface area (Å²) in [6.07, 6.45) is 0. The van der Waals surface area contributed by atoms with E-state index >= 15 is 0 Å². The Hall–Kier alpha value is -5.22. The van der Waals surface area contributed by atoms with Gasteiger partial charge in [0.1, 0.15) is 0 Å². The van der Waals surface area contributed by atoms with E-state index in [0.717, 1.165) is 61.3 Å². The maximum atomic E-state index is 5.12. The van der Waals surface area contributed by atoms with Gasteiger partial charge < -0.3 is 0 Å². The van der Waals surface area contributed by atoms with E-state index in [1.165, 1.54) is 11.1 Å². The number of aryl methyl sites for hydroxylation is 1. The summed E-state index contributed by atoms with van der Waals surface area (Å²) in [7, 11) is 0. The first-order valence-electron chi connectivity index (χ1n) is 14.4. The Labute approximate surface area is 245 Å². The van der Waals surface area contributed by atoms with Gasteiger partial charge in [-0.3, -0.25) is 9.97 Å². The van der Waals surface area contributed by atoms with Gasteiger partial charge in [-0.05, 0) is 42.2 Å². The molecular formula is C38H30N4. The van der Waals surface area contributed by atoms with Crippen LogP contribution < -0.4 is 0 Å². The third-order valence-electron chi connectivity index (χ3n) is 7.70. The molecule has 0 radical (unpaired) electrons. The van der Waals surface area contributed by atoms with Crippen LogP contribution in [0, 0.1) is 6.92 Å². The van der Waals surface area contributed by atoms with Gasteiger partial charge in [0.15, 0.2) is 5.82 Å². The SMILES string of the molecule is Cc1cc(-c2cc(-c3ccc(-c4ccccc4)cc3)nc(-c3ccccc3)n2)c2ccc3ccc(C(C)C)nc3c2n1. The molecule has 0 bridgehead atoms. The summed E-state index contributed by atoms with van der Waals surface area (Å²) in [4.78, 5) is 20.2. The minimum Gasteiger partial charge on any atom is -0.251 e. The zero-order valence-corrected chi connectivity index (χ0v) is 23.9. The van der Waals surface area contributed by atoms with E-state index in [-0.39, 0.29) is 0 Å². The molecule has 0 saturated heterocycles. The summed E-state index contributed by atoms with van der Waals surface area (Å²) in [5.41, 5.74) is 11.0. The van der Waals surface area contributed by atoms with Crippen molar-refractivity contribution in [1.82, 2.24) is 19.9 Å². The minimum absolute atomic E-state index is 0.333. The normalized spacial score (nSPS) is 11.4. The maximum Gasteiger partial charge on any atom is 0.160 e. The molecule has 3 aromatic heterocycles. The average Bonchev–Trinajstić information content (AvgIpc) is 3.04. The van der Waals surface area contributed by atoms with Crippen molar-refractivity contribution in [1.29, 1.82) is 0 Å². The van der Waals surface area contributed by atoms with Gasteiger partial charge in [-0.15, -0.1) is 0 Å². The van der Waals surface area contributed by atoms with Crippen LogP contribution in [0.25, 0.3) is 66.8 Å². The van der Waals surface area contributed by atoms with Crippen LogP contribution in [-0.4, -0.2) is 19.9 Å². The topological polar surface area (TPSA) is 51.6 Å². The highest BCUT2D eigenvalue weighted by Crippen LogP contribution is 2.35. The van der Waals surface area contributed by atoms with Crippen molar-refractivity contribution in [3.05, 3.63) is 133 Å². The fraction of sp³-hybridized carbons (Fsp3) is 0.105. The van der Waals surface area contributed by atoms with Crippen molar-refractivity contribution in [2.45, 2.75) is 26.7 Å². The first kappa shape index (κ1) is 25.7. The van der Waals surface area contributed by atoms with Crippen LogP contribution >= 0.6 is 0 Å². The second-order valence-corrected chi connectivity index (χ2v) is 11.0. The van der Waals surface area contributed by atoms with Crippen molar-refractivity contribution in [2.75, 3.05) is 0 Å². The lowest BCUT2D eigenvalue weighted by molar-refractivity contribution is 0.830. The van der Waals surface area contributed by atoms with Gasteiger partial charge >= 0.3 is 0 Å². The molecule has 202 valence electrons. The summed E-state index contributed by atoms with van der Waals surface area (Å²) in [6, 6.07) is 42.0. The summed E-state index contributed by atoms with van der Waals surface area (Å²) in [5, 5.41) is 2.12. The second-order valence-electron chi connectivity index (χ2n) is 11.0. The van der Waals surface area contributed by atoms with Crippen LogP contribution in [-0.2, 0) is 0 Å². The molecule has 4 aromatic carbocycles. The predicted octanol–water partition coefficient (Wildman–Crippen LogP) is 9.67. The number of hydrogen-bond acceptors (Lipinski definition) is 4. The maximum absolute atomic E-state index is 5.12. The summed E-state index contributed by atoms with van der Waals surface area (Å²) < 4.78 is 0. The lowest BCUT2D eigenvalue weighted by Crippen LogP contribution is -1.99. The minimum atomic E-state index is 0.333. The third-order valence-corrected chi connectivity index (χ3v) is 7.70. The zero-order chi connectivity index (χ0) is 28.6. The van der Waals surface area contributed by atoms with Crippen LogP contribution in [0.5, 0.6) is 0 Å². The van der Waals surface area contributed by atoms with Gasteiger partial charge in [-0.2, -0.15) is 0 Å². The van der Waals surface area contributed by atoms with Crippen LogP contribution in [0.4, 0.5) is 0 Å². The lowest BCUT2D eigenvalue weighted by atomic mass is 9.99. The number of hydrogen-bond donors (Lipinski definition) is 0. The number of benzene rings is 4. The van der Waals surface area contributed by atoms with Crippen LogP contribution in [0.15, 0.2) is 121 Å². The molecule has 0 aliphatic heterocycles. The lowest BCUT2D eigenvalue weighted by Gasteiger charge is -2.14. The van der Waals surface area contributed by atoms with Gasteiger partial charge in [-0.1, -0.05) is 117 Å². The second kappa shape index (κ2) is 10.6. The molecule has 0 aliphatic carbocycles. The van der Waals surface area contributed by atoms with Crippen LogP contribution in [0.3, 0.4) is 0 Å². The molecule has 0 atom stereocenters. The Morgan fingerprint density at radius 1 is 0.500 bits per heavy atom. The quantitative estimate of drug-likeness (QED) is 0.203. The van der Waals surface area contributed by atoms with E-state index < -0.39 is 0 Å². The third kappa shape index (κ3) is 4.82. The van der Waals surface area contributed by atoms with Crippen molar-refractivity contribution >= 4 is 21.8 Å². The monoisotopic (exact) mass is 542 g/mol. The molecule has 0 spiro atoms. The molecule has 0 amide bonds. The molecule has 42 heavy (non-hydrogen) atoms. The van der Waals surface area contributed by atoms with Gasteiger partial charge in [0, 0.05) is 38.9 Å². The van der Waals surface area contributed by atoms with Gasteiger partial charge in [0.05, 0.1) is 22.4 Å². The Morgan fingerprint density at radius 2 is 1.12 bits per heavy atom. The standard InChI is InChI=1S/C38H30N4/c1-24(2)33-21-19-29-18-20-31-32(22-25(3)39-37(31)36(29)40-33)35-23-34(41-38(42-35)30-12-8-5-9-13-30)28-16-14-27(15-17-28)26-10-6-4-7-11-26/h4-24H,1-3H3. The van der Waals surface area contributed by atoms with Crippen LogP contribution in [0.1, 0.15) is 31.2 Å². The molecular weight excluding hydrogens is 512 g/mol. The molecule has 0 saturated carbocycles. The summed E-state index contributed by atoms with van der Waals surface area (Å²) >= 11 is 0. The Balaban J connectivity index is 1.43. The molecule has 0 aliphatic rings. The number of fused-ring (bicyclic) bond motifs is 3. The van der Waals surface area contributed by atoms with E-state index in [2.05, 4.69) is 111 Å². The first-order chi connectivity index (χ1) is 20.5. The smallest absolute Gasteiger partial charge is 0.160 e. The molecule has 4 nitrogen and oxygen atoms in total. The molecule has 4 heteroatoms. The molecule has 7 aromatic rings. The molecule has 3 heterocycles. The summed E-state index contributed by atoms with van der Waals surface area (Å²) in [5.74, 6) is 1.03. The number of rotatable bonds is 5. The van der Waals surface area contributed by atoms with Crippen molar-refractivity contribution in [3.8, 4) is 45.0 Å². The largest absolute Gasteiger partial charge is 0.251 e.